The summed E-state index contributed by atoms with van der Waals surface area (Å²) in [6.45, 7) is 0.182. The molecule has 0 fully saturated rings. The fraction of sp³-hybridized carbons (Fsp3) is 0.133. The van der Waals surface area contributed by atoms with Crippen molar-refractivity contribution in [3.8, 4) is 0 Å². The predicted molar refractivity (Wildman–Crippen MR) is 79.4 cm³/mol. The molecule has 0 spiro atoms. The SMILES string of the molecule is O=C(O)C(CNc1cc(F)ccc1Br)c1ccccc1. The number of aliphatic carboxylic acids is 1. The van der Waals surface area contributed by atoms with Gasteiger partial charge in [0.1, 0.15) is 5.82 Å². The molecule has 0 aromatic heterocycles. The number of carbonyl (C=O) groups is 1. The molecule has 0 saturated carbocycles. The van der Waals surface area contributed by atoms with E-state index in [9.17, 15) is 14.3 Å². The number of halogens is 2. The molecule has 0 amide bonds. The van der Waals surface area contributed by atoms with Crippen molar-refractivity contribution in [2.24, 2.45) is 0 Å². The number of hydrogen-bond donors (Lipinski definition) is 2. The van der Waals surface area contributed by atoms with E-state index in [1.165, 1.54) is 12.1 Å². The Morgan fingerprint density at radius 3 is 2.60 bits per heavy atom. The number of anilines is 1. The van der Waals surface area contributed by atoms with Gasteiger partial charge in [0.05, 0.1) is 11.6 Å². The van der Waals surface area contributed by atoms with Gasteiger partial charge in [0.25, 0.3) is 0 Å². The topological polar surface area (TPSA) is 49.3 Å². The predicted octanol–water partition coefficient (Wildman–Crippen LogP) is 3.87. The van der Waals surface area contributed by atoms with Crippen molar-refractivity contribution in [2.75, 3.05) is 11.9 Å². The first-order valence-corrected chi connectivity index (χ1v) is 6.84. The number of benzene rings is 2. The Balaban J connectivity index is 2.14. The third-order valence-electron chi connectivity index (χ3n) is 2.93. The van der Waals surface area contributed by atoms with E-state index in [1.54, 1.807) is 30.3 Å². The van der Waals surface area contributed by atoms with Gasteiger partial charge in [-0.15, -0.1) is 0 Å². The molecular weight excluding hydrogens is 325 g/mol. The molecule has 1 atom stereocenters. The molecule has 5 heteroatoms. The molecule has 0 radical (unpaired) electrons. The standard InChI is InChI=1S/C15H13BrFNO2/c16-13-7-6-11(17)8-14(13)18-9-12(15(19)20)10-4-2-1-3-5-10/h1-8,12,18H,9H2,(H,19,20). The monoisotopic (exact) mass is 337 g/mol. The lowest BCUT2D eigenvalue weighted by Crippen LogP contribution is -2.21. The first-order chi connectivity index (χ1) is 9.58. The van der Waals surface area contributed by atoms with Crippen LogP contribution in [-0.2, 0) is 4.79 Å². The van der Waals surface area contributed by atoms with Gasteiger partial charge in [-0.25, -0.2) is 4.39 Å². The first-order valence-electron chi connectivity index (χ1n) is 6.04. The maximum Gasteiger partial charge on any atom is 0.312 e. The molecule has 2 aromatic rings. The molecule has 0 heterocycles. The van der Waals surface area contributed by atoms with Crippen LogP contribution < -0.4 is 5.32 Å². The Morgan fingerprint density at radius 2 is 1.95 bits per heavy atom. The number of nitrogens with one attached hydrogen (secondary N) is 1. The van der Waals surface area contributed by atoms with Crippen molar-refractivity contribution >= 4 is 27.6 Å². The quantitative estimate of drug-likeness (QED) is 0.870. The van der Waals surface area contributed by atoms with E-state index >= 15 is 0 Å². The summed E-state index contributed by atoms with van der Waals surface area (Å²) >= 11 is 3.30. The van der Waals surface area contributed by atoms with E-state index in [0.29, 0.717) is 15.7 Å². The zero-order valence-corrected chi connectivity index (χ0v) is 12.1. The third-order valence-corrected chi connectivity index (χ3v) is 3.62. The average molecular weight is 338 g/mol. The maximum atomic E-state index is 13.2. The minimum absolute atomic E-state index is 0.182. The molecule has 0 aliphatic heterocycles. The van der Waals surface area contributed by atoms with Crippen LogP contribution in [0.3, 0.4) is 0 Å². The summed E-state index contributed by atoms with van der Waals surface area (Å²) in [5.74, 6) is -1.98. The van der Waals surface area contributed by atoms with Crippen LogP contribution in [0.1, 0.15) is 11.5 Å². The van der Waals surface area contributed by atoms with Gasteiger partial charge in [0.2, 0.25) is 0 Å². The summed E-state index contributed by atoms with van der Waals surface area (Å²) in [6.07, 6.45) is 0. The van der Waals surface area contributed by atoms with E-state index in [-0.39, 0.29) is 12.4 Å². The summed E-state index contributed by atoms with van der Waals surface area (Å²) in [5, 5.41) is 12.3. The Bertz CT molecular complexity index is 604. The van der Waals surface area contributed by atoms with Crippen LogP contribution in [-0.4, -0.2) is 17.6 Å². The van der Waals surface area contributed by atoms with Crippen LogP contribution in [0.25, 0.3) is 0 Å². The summed E-state index contributed by atoms with van der Waals surface area (Å²) < 4.78 is 13.9. The molecular formula is C15H13BrFNO2. The Hall–Kier alpha value is -1.88. The zero-order valence-electron chi connectivity index (χ0n) is 10.5. The number of rotatable bonds is 5. The lowest BCUT2D eigenvalue weighted by Gasteiger charge is -2.15. The first kappa shape index (κ1) is 14.5. The van der Waals surface area contributed by atoms with Crippen molar-refractivity contribution in [1.29, 1.82) is 0 Å². The van der Waals surface area contributed by atoms with Gasteiger partial charge in [-0.2, -0.15) is 0 Å². The Morgan fingerprint density at radius 1 is 1.25 bits per heavy atom. The van der Waals surface area contributed by atoms with Crippen LogP contribution in [0.15, 0.2) is 53.0 Å². The smallest absolute Gasteiger partial charge is 0.312 e. The van der Waals surface area contributed by atoms with Gasteiger partial charge < -0.3 is 10.4 Å². The fourth-order valence-electron chi connectivity index (χ4n) is 1.88. The molecule has 2 N–H and O–H groups in total. The van der Waals surface area contributed by atoms with E-state index in [2.05, 4.69) is 21.2 Å². The molecule has 104 valence electrons. The minimum atomic E-state index is -0.920. The summed E-state index contributed by atoms with van der Waals surface area (Å²) in [4.78, 5) is 11.3. The van der Waals surface area contributed by atoms with Crippen LogP contribution in [0.2, 0.25) is 0 Å². The van der Waals surface area contributed by atoms with E-state index < -0.39 is 11.9 Å². The molecule has 20 heavy (non-hydrogen) atoms. The lowest BCUT2D eigenvalue weighted by atomic mass is 9.99. The summed E-state index contributed by atoms with van der Waals surface area (Å²) in [6, 6.07) is 13.2. The van der Waals surface area contributed by atoms with Crippen LogP contribution in [0.4, 0.5) is 10.1 Å². The summed E-state index contributed by atoms with van der Waals surface area (Å²) in [7, 11) is 0. The van der Waals surface area contributed by atoms with Gasteiger partial charge in [-0.1, -0.05) is 30.3 Å². The summed E-state index contributed by atoms with van der Waals surface area (Å²) in [5.41, 5.74) is 1.24. The van der Waals surface area contributed by atoms with Crippen molar-refractivity contribution < 1.29 is 14.3 Å². The highest BCUT2D eigenvalue weighted by Gasteiger charge is 2.19. The molecule has 2 aromatic carbocycles. The molecule has 3 nitrogen and oxygen atoms in total. The second kappa shape index (κ2) is 6.52. The van der Waals surface area contributed by atoms with Crippen LogP contribution in [0.5, 0.6) is 0 Å². The number of carboxylic acid groups (broad SMARTS) is 1. The Labute approximate surface area is 124 Å². The largest absolute Gasteiger partial charge is 0.481 e. The van der Waals surface area contributed by atoms with Crippen LogP contribution >= 0.6 is 15.9 Å². The van der Waals surface area contributed by atoms with Gasteiger partial charge in [0, 0.05) is 11.0 Å². The Kier molecular flexibility index (Phi) is 4.74. The van der Waals surface area contributed by atoms with E-state index in [0.717, 1.165) is 0 Å². The third kappa shape index (κ3) is 3.57. The van der Waals surface area contributed by atoms with E-state index in [1.807, 2.05) is 6.07 Å². The van der Waals surface area contributed by atoms with Gasteiger partial charge in [0.15, 0.2) is 0 Å². The van der Waals surface area contributed by atoms with Crippen molar-refractivity contribution in [1.82, 2.24) is 0 Å². The van der Waals surface area contributed by atoms with Crippen molar-refractivity contribution in [3.63, 3.8) is 0 Å². The zero-order chi connectivity index (χ0) is 14.5. The highest BCUT2D eigenvalue weighted by atomic mass is 79.9. The van der Waals surface area contributed by atoms with Gasteiger partial charge >= 0.3 is 5.97 Å². The number of carboxylic acids is 1. The normalized spacial score (nSPS) is 11.9. The fourth-order valence-corrected chi connectivity index (χ4v) is 2.26. The van der Waals surface area contributed by atoms with Crippen molar-refractivity contribution in [3.05, 3.63) is 64.4 Å². The second-order valence-corrected chi connectivity index (χ2v) is 5.16. The van der Waals surface area contributed by atoms with Crippen LogP contribution in [0, 0.1) is 5.82 Å². The molecule has 1 unspecified atom stereocenters. The average Bonchev–Trinajstić information content (AvgIpc) is 2.43. The highest BCUT2D eigenvalue weighted by Crippen LogP contribution is 2.24. The van der Waals surface area contributed by atoms with E-state index in [4.69, 9.17) is 0 Å². The lowest BCUT2D eigenvalue weighted by molar-refractivity contribution is -0.138. The second-order valence-electron chi connectivity index (χ2n) is 4.31. The molecule has 0 aliphatic rings. The number of hydrogen-bond acceptors (Lipinski definition) is 2. The molecule has 0 bridgehead atoms. The molecule has 0 aliphatic carbocycles. The van der Waals surface area contributed by atoms with Gasteiger partial charge in [-0.05, 0) is 39.7 Å². The minimum Gasteiger partial charge on any atom is -0.481 e. The van der Waals surface area contributed by atoms with Crippen molar-refractivity contribution in [2.45, 2.75) is 5.92 Å². The maximum absolute atomic E-state index is 13.2. The van der Waals surface area contributed by atoms with Gasteiger partial charge in [-0.3, -0.25) is 4.79 Å². The molecule has 2 rings (SSSR count). The highest BCUT2D eigenvalue weighted by molar-refractivity contribution is 9.10. The molecule has 0 saturated heterocycles.